The van der Waals surface area contributed by atoms with Crippen LogP contribution in [0.4, 0.5) is 39.5 Å². The van der Waals surface area contributed by atoms with Gasteiger partial charge in [-0.25, -0.2) is 27.4 Å². The summed E-state index contributed by atoms with van der Waals surface area (Å²) in [6, 6.07) is 11.8. The zero-order valence-corrected chi connectivity index (χ0v) is 29.8. The van der Waals surface area contributed by atoms with E-state index >= 15 is 4.39 Å². The molecule has 0 spiro atoms. The molecule has 0 fully saturated rings. The number of benzene rings is 3. The number of halogens is 4. The molecule has 0 aliphatic rings. The van der Waals surface area contributed by atoms with Crippen molar-refractivity contribution in [1.82, 2.24) is 10.3 Å². The maximum absolute atomic E-state index is 15.4. The largest absolute Gasteiger partial charge is 0.494 e. The van der Waals surface area contributed by atoms with E-state index in [-0.39, 0.29) is 51.8 Å². The minimum atomic E-state index is -5.51. The molecule has 0 aliphatic heterocycles. The maximum atomic E-state index is 15.4. The van der Waals surface area contributed by atoms with Crippen molar-refractivity contribution >= 4 is 55.8 Å². The van der Waals surface area contributed by atoms with Crippen LogP contribution in [-0.2, 0) is 35.5 Å². The van der Waals surface area contributed by atoms with Crippen LogP contribution >= 0.6 is 0 Å². The van der Waals surface area contributed by atoms with Gasteiger partial charge in [0.1, 0.15) is 23.4 Å². The summed E-state index contributed by atoms with van der Waals surface area (Å²) in [4.78, 5) is 46.7. The highest BCUT2D eigenvalue weighted by Crippen LogP contribution is 2.31. The molecule has 3 aromatic carbocycles. The van der Waals surface area contributed by atoms with Gasteiger partial charge in [0.15, 0.2) is 9.84 Å². The zero-order valence-electron chi connectivity index (χ0n) is 29.0. The van der Waals surface area contributed by atoms with Crippen LogP contribution in [0.15, 0.2) is 71.8 Å². The van der Waals surface area contributed by atoms with Crippen molar-refractivity contribution in [3.05, 3.63) is 83.8 Å². The monoisotopic (exact) mass is 763 g/mol. The maximum Gasteiger partial charge on any atom is 0.493 e. The van der Waals surface area contributed by atoms with Gasteiger partial charge in [-0.05, 0) is 84.5 Å². The summed E-state index contributed by atoms with van der Waals surface area (Å²) in [6.07, 6.45) is -5.52. The topological polar surface area (TPSA) is 179 Å². The number of ether oxygens (including phenoxy) is 2. The Morgan fingerprint density at radius 1 is 1.00 bits per heavy atom. The highest BCUT2D eigenvalue weighted by molar-refractivity contribution is 7.91. The number of carbonyl (C=O) groups is 3. The fourth-order valence-electron chi connectivity index (χ4n) is 4.94. The molecule has 1 aromatic heterocycles. The quantitative estimate of drug-likeness (QED) is 0.104. The van der Waals surface area contributed by atoms with Gasteiger partial charge in [0, 0.05) is 29.4 Å². The van der Waals surface area contributed by atoms with Gasteiger partial charge in [0.25, 0.3) is 0 Å². The summed E-state index contributed by atoms with van der Waals surface area (Å²) in [7, 11) is -4.05. The first-order valence-electron chi connectivity index (χ1n) is 16.2. The number of hydrogen-bond donors (Lipinski definition) is 3. The molecule has 0 saturated heterocycles. The van der Waals surface area contributed by atoms with Gasteiger partial charge in [-0.1, -0.05) is 20.8 Å². The van der Waals surface area contributed by atoms with Crippen molar-refractivity contribution < 1.29 is 54.7 Å². The number of hydrogen-bond acceptors (Lipinski definition) is 11. The summed E-state index contributed by atoms with van der Waals surface area (Å²) in [5.74, 6) is -4.56. The van der Waals surface area contributed by atoms with Crippen LogP contribution in [0.2, 0.25) is 0 Å². The second kappa shape index (κ2) is 16.8. The molecule has 53 heavy (non-hydrogen) atoms. The average Bonchev–Trinajstić information content (AvgIpc) is 3.11. The average molecular weight is 764 g/mol. The van der Waals surface area contributed by atoms with Gasteiger partial charge in [-0.2, -0.15) is 13.2 Å². The zero-order chi connectivity index (χ0) is 39.1. The van der Waals surface area contributed by atoms with E-state index in [2.05, 4.69) is 20.5 Å². The molecule has 0 saturated carbocycles. The summed E-state index contributed by atoms with van der Waals surface area (Å²) in [5.41, 5.74) is 5.46. The number of amides is 2. The van der Waals surface area contributed by atoms with Crippen LogP contribution in [0.5, 0.6) is 5.75 Å². The van der Waals surface area contributed by atoms with Crippen molar-refractivity contribution in [2.24, 2.45) is 5.92 Å². The molecule has 0 bridgehead atoms. The molecule has 0 radical (unpaired) electrons. The van der Waals surface area contributed by atoms with Crippen LogP contribution in [0.25, 0.3) is 10.8 Å². The molecule has 4 N–H and O–H groups in total. The lowest BCUT2D eigenvalue weighted by Crippen LogP contribution is -2.39. The lowest BCUT2D eigenvalue weighted by molar-refractivity contribution is -0.200. The third-order valence-electron chi connectivity index (χ3n) is 7.52. The van der Waals surface area contributed by atoms with Crippen molar-refractivity contribution in [2.75, 3.05) is 35.1 Å². The number of sulfone groups is 1. The molecule has 1 atom stereocenters. The fraction of sp³-hybridized carbons (Fsp3) is 0.314. The molecule has 0 aliphatic carbocycles. The van der Waals surface area contributed by atoms with E-state index in [1.165, 1.54) is 25.3 Å². The van der Waals surface area contributed by atoms with Gasteiger partial charge < -0.3 is 30.7 Å². The predicted octanol–water partition coefficient (Wildman–Crippen LogP) is 6.24. The Morgan fingerprint density at radius 2 is 1.74 bits per heavy atom. The van der Waals surface area contributed by atoms with E-state index in [0.29, 0.717) is 16.5 Å². The van der Waals surface area contributed by atoms with E-state index in [0.717, 1.165) is 24.3 Å². The smallest absolute Gasteiger partial charge is 0.493 e. The molecule has 13 nitrogen and oxygen atoms in total. The van der Waals surface area contributed by atoms with Gasteiger partial charge in [0.2, 0.25) is 5.91 Å². The number of alkyl halides is 3. The Balaban J connectivity index is 1.75. The highest BCUT2D eigenvalue weighted by Gasteiger charge is 2.44. The molecule has 1 unspecified atom stereocenters. The number of carbonyl (C=O) groups excluding carboxylic acids is 3. The van der Waals surface area contributed by atoms with Crippen LogP contribution in [0, 0.1) is 11.7 Å². The number of pyridine rings is 1. The number of hydroxylamine groups is 1. The molecule has 284 valence electrons. The van der Waals surface area contributed by atoms with Crippen LogP contribution < -0.4 is 26.2 Å². The van der Waals surface area contributed by atoms with Gasteiger partial charge in [-0.15, -0.1) is 5.06 Å². The molecule has 4 rings (SSSR count). The number of rotatable bonds is 13. The normalized spacial score (nSPS) is 12.2. The molecule has 18 heteroatoms. The number of aromatic nitrogens is 1. The van der Waals surface area contributed by atoms with Crippen LogP contribution in [-0.4, -0.2) is 56.5 Å². The van der Waals surface area contributed by atoms with E-state index in [1.54, 1.807) is 45.0 Å². The summed E-state index contributed by atoms with van der Waals surface area (Å²) >= 11 is 0. The lowest BCUT2D eigenvalue weighted by atomic mass is 10.0. The first-order chi connectivity index (χ1) is 24.9. The van der Waals surface area contributed by atoms with Crippen molar-refractivity contribution in [1.29, 1.82) is 0 Å². The number of nitrogens with zero attached hydrogens (tertiary/aromatic N) is 2. The Bertz CT molecular complexity index is 2100. The van der Waals surface area contributed by atoms with E-state index in [9.17, 15) is 36.0 Å². The minimum absolute atomic E-state index is 0.0627. The molecular formula is C35H37F4N5O8S. The van der Waals surface area contributed by atoms with Gasteiger partial charge >= 0.3 is 18.2 Å². The minimum Gasteiger partial charge on any atom is -0.494 e. The number of anilines is 3. The summed E-state index contributed by atoms with van der Waals surface area (Å²) < 4.78 is 91.7. The number of nitrogen functional groups attached to an aromatic ring is 1. The summed E-state index contributed by atoms with van der Waals surface area (Å²) in [5, 5.41) is 6.76. The number of fused-ring (bicyclic) bond motifs is 1. The third-order valence-corrected chi connectivity index (χ3v) is 9.34. The lowest BCUT2D eigenvalue weighted by Gasteiger charge is -2.24. The second-order valence-electron chi connectivity index (χ2n) is 11.9. The second-order valence-corrected chi connectivity index (χ2v) is 14.1. The predicted molar refractivity (Wildman–Crippen MR) is 187 cm³/mol. The van der Waals surface area contributed by atoms with Gasteiger partial charge in [-0.3, -0.25) is 4.79 Å². The molecule has 2 amide bonds. The van der Waals surface area contributed by atoms with Crippen molar-refractivity contribution in [3.8, 4) is 5.75 Å². The summed E-state index contributed by atoms with van der Waals surface area (Å²) in [6.45, 7) is 5.73. The first-order valence-corrected chi connectivity index (χ1v) is 17.8. The fourth-order valence-corrected chi connectivity index (χ4v) is 6.06. The van der Waals surface area contributed by atoms with E-state index in [4.69, 9.17) is 15.2 Å². The SMILES string of the molecule is CCOc1ccc(F)c(C(Nc2ccc3c(N)nccc3c2)C(=O)NCc2cc(N(OC(=O)C(F)(F)F)C(=O)OCC(C)C)ccc2S(=O)(=O)CC)c1. The Morgan fingerprint density at radius 3 is 2.40 bits per heavy atom. The van der Waals surface area contributed by atoms with E-state index < -0.39 is 63.8 Å². The molecule has 1 heterocycles. The Kier molecular flexibility index (Phi) is 12.7. The Labute approximate surface area is 302 Å². The number of nitrogens with two attached hydrogens (primary N) is 1. The van der Waals surface area contributed by atoms with Crippen LogP contribution in [0.3, 0.4) is 0 Å². The third kappa shape index (κ3) is 10.0. The molecular weight excluding hydrogens is 726 g/mol. The standard InChI is InChI=1S/C35H37F4N5O8S/c1-5-50-25-9-11-28(36)27(17-25)30(43-23-7-10-26-21(15-23)13-14-41-31(26)40)32(45)42-18-22-16-24(8-12-29(22)53(48,49)6-2)44(34(47)51-19-20(3)4)52-33(46)35(37,38)39/h7-17,20,30,43H,5-6,18-19H2,1-4H3,(H2,40,41)(H,42,45). The Hall–Kier alpha value is -5.65. The van der Waals surface area contributed by atoms with Crippen molar-refractivity contribution in [2.45, 2.75) is 51.4 Å². The molecule has 4 aromatic rings. The van der Waals surface area contributed by atoms with Gasteiger partial charge in [0.05, 0.1) is 29.5 Å². The van der Waals surface area contributed by atoms with Crippen LogP contribution in [0.1, 0.15) is 44.9 Å². The number of nitrogens with one attached hydrogen (secondary N) is 2. The highest BCUT2D eigenvalue weighted by atomic mass is 32.2. The first kappa shape index (κ1) is 40.1. The van der Waals surface area contributed by atoms with E-state index in [1.807, 2.05) is 0 Å². The van der Waals surface area contributed by atoms with Crippen molar-refractivity contribution in [3.63, 3.8) is 0 Å².